The Kier molecular flexibility index (Phi) is 8.67. The number of carbonyl (C=O) groups excluding carboxylic acids is 1. The van der Waals surface area contributed by atoms with E-state index in [0.29, 0.717) is 24.2 Å². The van der Waals surface area contributed by atoms with Crippen LogP contribution in [0.4, 0.5) is 4.39 Å². The fraction of sp³-hybridized carbons (Fsp3) is 0.324. The van der Waals surface area contributed by atoms with Gasteiger partial charge in [-0.3, -0.25) is 4.79 Å². The number of rotatable bonds is 9. The molecular weight excluding hydrogens is 527 g/mol. The van der Waals surface area contributed by atoms with Crippen LogP contribution < -0.4 is 9.47 Å². The van der Waals surface area contributed by atoms with Gasteiger partial charge in [0.1, 0.15) is 29.5 Å². The largest absolute Gasteiger partial charge is 0.488 e. The van der Waals surface area contributed by atoms with Gasteiger partial charge in [-0.2, -0.15) is 0 Å². The van der Waals surface area contributed by atoms with Crippen molar-refractivity contribution in [2.24, 2.45) is 0 Å². The molecule has 0 radical (unpaired) electrons. The van der Waals surface area contributed by atoms with E-state index >= 15 is 0 Å². The van der Waals surface area contributed by atoms with Crippen LogP contribution in [0.15, 0.2) is 78.9 Å². The Hall–Kier alpha value is -4.12. The Morgan fingerprint density at radius 3 is 2.33 bits per heavy atom. The van der Waals surface area contributed by atoms with E-state index in [4.69, 9.17) is 14.2 Å². The highest BCUT2D eigenvalue weighted by Crippen LogP contribution is 2.44. The Labute approximate surface area is 248 Å². The average molecular weight is 567 g/mol. The molecular formula is C37H39FO4. The van der Waals surface area contributed by atoms with Gasteiger partial charge < -0.3 is 14.2 Å². The normalized spacial score (nSPS) is 16.7. The van der Waals surface area contributed by atoms with Crippen molar-refractivity contribution in [1.29, 1.82) is 0 Å². The number of esters is 1. The third kappa shape index (κ3) is 6.20. The minimum atomic E-state index is -0.577. The van der Waals surface area contributed by atoms with Gasteiger partial charge in [0.15, 0.2) is 0 Å². The zero-order valence-electron chi connectivity index (χ0n) is 25.1. The second kappa shape index (κ2) is 12.4. The van der Waals surface area contributed by atoms with Crippen LogP contribution in [0.2, 0.25) is 0 Å². The van der Waals surface area contributed by atoms with Crippen molar-refractivity contribution in [3.8, 4) is 22.6 Å². The number of halogens is 1. The number of fused-ring (bicyclic) bond motifs is 1. The van der Waals surface area contributed by atoms with E-state index in [1.165, 1.54) is 11.6 Å². The summed E-state index contributed by atoms with van der Waals surface area (Å²) in [6.07, 6.45) is 2.23. The lowest BCUT2D eigenvalue weighted by Gasteiger charge is -2.38. The SMILES string of the molecule is Cc1c(C)c2c(c(C)c1OCc1ccccc1)CCC(C)(CCOC(=O)C(C)c1ccc(-c3ccccc3)c(F)c1)O2. The molecule has 4 nitrogen and oxygen atoms in total. The van der Waals surface area contributed by atoms with E-state index in [-0.39, 0.29) is 18.4 Å². The molecule has 1 heterocycles. The summed E-state index contributed by atoms with van der Waals surface area (Å²) >= 11 is 0. The van der Waals surface area contributed by atoms with Crippen LogP contribution in [0.5, 0.6) is 11.5 Å². The molecule has 0 spiro atoms. The van der Waals surface area contributed by atoms with E-state index in [0.717, 1.165) is 52.2 Å². The molecule has 2 atom stereocenters. The maximum absolute atomic E-state index is 14.9. The van der Waals surface area contributed by atoms with Crippen molar-refractivity contribution in [3.05, 3.63) is 118 Å². The molecule has 0 aromatic heterocycles. The smallest absolute Gasteiger partial charge is 0.313 e. The van der Waals surface area contributed by atoms with E-state index in [9.17, 15) is 9.18 Å². The number of hydrogen-bond donors (Lipinski definition) is 0. The van der Waals surface area contributed by atoms with Gasteiger partial charge in [-0.25, -0.2) is 4.39 Å². The summed E-state index contributed by atoms with van der Waals surface area (Å²) in [5.41, 5.74) is 7.05. The summed E-state index contributed by atoms with van der Waals surface area (Å²) in [7, 11) is 0. The summed E-state index contributed by atoms with van der Waals surface area (Å²) in [6, 6.07) is 24.5. The summed E-state index contributed by atoms with van der Waals surface area (Å²) in [5, 5.41) is 0. The van der Waals surface area contributed by atoms with Crippen LogP contribution in [-0.4, -0.2) is 18.2 Å². The number of hydrogen-bond acceptors (Lipinski definition) is 4. The Balaban J connectivity index is 1.20. The molecule has 0 bridgehead atoms. The molecule has 2 unspecified atom stereocenters. The highest BCUT2D eigenvalue weighted by Gasteiger charge is 2.35. The maximum Gasteiger partial charge on any atom is 0.313 e. The van der Waals surface area contributed by atoms with E-state index in [1.807, 2.05) is 48.5 Å². The van der Waals surface area contributed by atoms with Gasteiger partial charge in [0.2, 0.25) is 0 Å². The quantitative estimate of drug-likeness (QED) is 0.190. The topological polar surface area (TPSA) is 44.8 Å². The number of carbonyl (C=O) groups is 1. The molecule has 0 saturated carbocycles. The van der Waals surface area contributed by atoms with Crippen LogP contribution in [0.3, 0.4) is 0 Å². The zero-order valence-corrected chi connectivity index (χ0v) is 25.1. The van der Waals surface area contributed by atoms with Gasteiger partial charge in [-0.05, 0) is 86.9 Å². The number of benzene rings is 4. The molecule has 4 aromatic rings. The lowest BCUT2D eigenvalue weighted by atomic mass is 9.85. The van der Waals surface area contributed by atoms with Gasteiger partial charge in [0.05, 0.1) is 12.5 Å². The maximum atomic E-state index is 14.9. The molecule has 0 N–H and O–H groups in total. The Bertz CT molecular complexity index is 1560. The van der Waals surface area contributed by atoms with Crippen molar-refractivity contribution in [3.63, 3.8) is 0 Å². The first-order valence-corrected chi connectivity index (χ1v) is 14.7. The predicted octanol–water partition coefficient (Wildman–Crippen LogP) is 8.82. The molecule has 4 aromatic carbocycles. The molecule has 5 heteroatoms. The highest BCUT2D eigenvalue weighted by atomic mass is 19.1. The van der Waals surface area contributed by atoms with E-state index < -0.39 is 11.5 Å². The lowest BCUT2D eigenvalue weighted by Crippen LogP contribution is -2.38. The summed E-state index contributed by atoms with van der Waals surface area (Å²) in [6.45, 7) is 10.8. The highest BCUT2D eigenvalue weighted by molar-refractivity contribution is 5.78. The first-order valence-electron chi connectivity index (χ1n) is 14.7. The molecule has 0 amide bonds. The number of ether oxygens (including phenoxy) is 3. The van der Waals surface area contributed by atoms with Crippen LogP contribution in [0.25, 0.3) is 11.1 Å². The molecule has 0 aliphatic carbocycles. The van der Waals surface area contributed by atoms with Crippen molar-refractivity contribution in [1.82, 2.24) is 0 Å². The van der Waals surface area contributed by atoms with Crippen molar-refractivity contribution < 1.29 is 23.4 Å². The monoisotopic (exact) mass is 566 g/mol. The lowest BCUT2D eigenvalue weighted by molar-refractivity contribution is -0.146. The summed E-state index contributed by atoms with van der Waals surface area (Å²) in [5.74, 6) is 0.546. The summed E-state index contributed by atoms with van der Waals surface area (Å²) in [4.78, 5) is 12.9. The first kappa shape index (κ1) is 29.4. The third-order valence-corrected chi connectivity index (χ3v) is 8.60. The van der Waals surface area contributed by atoms with Gasteiger partial charge in [0.25, 0.3) is 0 Å². The summed E-state index contributed by atoms with van der Waals surface area (Å²) < 4.78 is 33.5. The molecule has 1 aliphatic heterocycles. The standard InChI is InChI=1S/C37H39FO4/c1-24-25(2)35-31(27(4)34(24)41-23-28-12-8-6-9-13-28)18-19-37(5,42-35)20-21-40-36(39)26(3)30-16-17-32(33(38)22-30)29-14-10-7-11-15-29/h6-17,22,26H,18-21,23H2,1-5H3. The first-order chi connectivity index (χ1) is 20.2. The van der Waals surface area contributed by atoms with Gasteiger partial charge in [-0.1, -0.05) is 72.8 Å². The van der Waals surface area contributed by atoms with E-state index in [2.05, 4.69) is 39.8 Å². The zero-order chi connectivity index (χ0) is 29.9. The fourth-order valence-corrected chi connectivity index (χ4v) is 5.68. The van der Waals surface area contributed by atoms with Crippen molar-refractivity contribution in [2.45, 2.75) is 72.0 Å². The minimum absolute atomic E-state index is 0.231. The van der Waals surface area contributed by atoms with Crippen molar-refractivity contribution >= 4 is 5.97 Å². The fourth-order valence-electron chi connectivity index (χ4n) is 5.68. The van der Waals surface area contributed by atoms with Gasteiger partial charge in [-0.15, -0.1) is 0 Å². The minimum Gasteiger partial charge on any atom is -0.488 e. The van der Waals surface area contributed by atoms with Crippen LogP contribution in [0, 0.1) is 26.6 Å². The molecule has 1 aliphatic rings. The van der Waals surface area contributed by atoms with Gasteiger partial charge >= 0.3 is 5.97 Å². The molecule has 42 heavy (non-hydrogen) atoms. The molecule has 0 saturated heterocycles. The van der Waals surface area contributed by atoms with Crippen LogP contribution in [-0.2, 0) is 22.6 Å². The Morgan fingerprint density at radius 1 is 0.952 bits per heavy atom. The molecule has 5 rings (SSSR count). The van der Waals surface area contributed by atoms with Crippen LogP contribution in [0.1, 0.15) is 66.0 Å². The van der Waals surface area contributed by atoms with Gasteiger partial charge in [0, 0.05) is 17.5 Å². The van der Waals surface area contributed by atoms with Crippen LogP contribution >= 0.6 is 0 Å². The molecule has 218 valence electrons. The van der Waals surface area contributed by atoms with Crippen molar-refractivity contribution in [2.75, 3.05) is 6.61 Å². The average Bonchev–Trinajstić information content (AvgIpc) is 3.00. The molecule has 0 fully saturated rings. The van der Waals surface area contributed by atoms with E-state index in [1.54, 1.807) is 19.1 Å². The Morgan fingerprint density at radius 2 is 1.64 bits per heavy atom. The predicted molar refractivity (Wildman–Crippen MR) is 165 cm³/mol. The third-order valence-electron chi connectivity index (χ3n) is 8.60. The second-order valence-electron chi connectivity index (χ2n) is 11.6. The second-order valence-corrected chi connectivity index (χ2v) is 11.6.